The van der Waals surface area contributed by atoms with Crippen LogP contribution in [-0.2, 0) is 10.9 Å². The maximum atomic E-state index is 14.0. The summed E-state index contributed by atoms with van der Waals surface area (Å²) in [6, 6.07) is 0.817. The van der Waals surface area contributed by atoms with E-state index in [1.165, 1.54) is 0 Å². The first-order valence-corrected chi connectivity index (χ1v) is 6.61. The zero-order chi connectivity index (χ0) is 17.4. The lowest BCUT2D eigenvalue weighted by atomic mass is 10.2. The van der Waals surface area contributed by atoms with Gasteiger partial charge in [-0.2, -0.15) is 18.3 Å². The molecule has 5 nitrogen and oxygen atoms in total. The number of aromatic nitrogens is 2. The highest BCUT2D eigenvalue weighted by Gasteiger charge is 2.33. The second-order valence-corrected chi connectivity index (χ2v) is 4.77. The fraction of sp³-hybridized carbons (Fsp3) is 0.231. The summed E-state index contributed by atoms with van der Waals surface area (Å²) in [5.74, 6) is -2.38. The molecule has 10 heteroatoms. The molecule has 0 atom stereocenters. The summed E-state index contributed by atoms with van der Waals surface area (Å²) in [6.45, 7) is 1.66. The second-order valence-electron chi connectivity index (χ2n) is 4.36. The lowest BCUT2D eigenvalue weighted by Crippen LogP contribution is -2.12. The molecule has 0 radical (unpaired) electrons. The number of esters is 1. The summed E-state index contributed by atoms with van der Waals surface area (Å²) in [5.41, 5.74) is 3.79. The number of nitrogen functional groups attached to an aromatic ring is 1. The zero-order valence-electron chi connectivity index (χ0n) is 11.6. The molecule has 2 aromatic rings. The summed E-state index contributed by atoms with van der Waals surface area (Å²) in [6.07, 6.45) is -3.74. The van der Waals surface area contributed by atoms with E-state index < -0.39 is 34.2 Å². The first-order valence-electron chi connectivity index (χ1n) is 6.24. The number of rotatable bonds is 3. The van der Waals surface area contributed by atoms with Crippen molar-refractivity contribution < 1.29 is 27.1 Å². The summed E-state index contributed by atoms with van der Waals surface area (Å²) in [7, 11) is 0. The van der Waals surface area contributed by atoms with Crippen LogP contribution in [0.3, 0.4) is 0 Å². The predicted molar refractivity (Wildman–Crippen MR) is 73.9 cm³/mol. The number of carbonyl (C=O) groups excluding carboxylic acids is 1. The van der Waals surface area contributed by atoms with Crippen LogP contribution in [0.5, 0.6) is 0 Å². The fourth-order valence-corrected chi connectivity index (χ4v) is 2.12. The molecule has 2 rings (SSSR count). The van der Waals surface area contributed by atoms with Crippen LogP contribution in [0.1, 0.15) is 22.8 Å². The van der Waals surface area contributed by atoms with Crippen LogP contribution in [-0.4, -0.2) is 22.4 Å². The monoisotopic (exact) mass is 351 g/mol. The van der Waals surface area contributed by atoms with Crippen LogP contribution in [0.15, 0.2) is 18.3 Å². The largest absolute Gasteiger partial charge is 0.462 e. The third-order valence-electron chi connectivity index (χ3n) is 2.86. The molecule has 0 aliphatic carbocycles. The number of ether oxygens (including phenoxy) is 1. The molecule has 0 bridgehead atoms. The normalized spacial score (nSPS) is 11.6. The Morgan fingerprint density at radius 3 is 2.61 bits per heavy atom. The standard InChI is InChI=1S/C13H10ClF4N3O2/c1-2-23-12(22)7-5-20-21(11(7)19)10-8(14)3-6(4-9(10)15)13(16,17)18/h3-5H,2,19H2,1H3. The molecule has 2 N–H and O–H groups in total. The van der Waals surface area contributed by atoms with Gasteiger partial charge in [0, 0.05) is 0 Å². The van der Waals surface area contributed by atoms with E-state index in [4.69, 9.17) is 22.1 Å². The van der Waals surface area contributed by atoms with E-state index in [1.807, 2.05) is 0 Å². The highest BCUT2D eigenvalue weighted by Crippen LogP contribution is 2.35. The number of nitrogens with zero attached hydrogens (tertiary/aromatic N) is 2. The molecule has 0 aliphatic heterocycles. The molecule has 0 spiro atoms. The minimum Gasteiger partial charge on any atom is -0.462 e. The summed E-state index contributed by atoms with van der Waals surface area (Å²) >= 11 is 5.72. The minimum atomic E-state index is -4.76. The van der Waals surface area contributed by atoms with Gasteiger partial charge in [0.25, 0.3) is 0 Å². The number of carbonyl (C=O) groups is 1. The first kappa shape index (κ1) is 17.1. The lowest BCUT2D eigenvalue weighted by Gasteiger charge is -2.12. The molecule has 0 amide bonds. The SMILES string of the molecule is CCOC(=O)c1cnn(-c2c(F)cc(C(F)(F)F)cc2Cl)c1N. The smallest absolute Gasteiger partial charge is 0.416 e. The molecule has 1 aromatic carbocycles. The Morgan fingerprint density at radius 1 is 1.43 bits per heavy atom. The van der Waals surface area contributed by atoms with Gasteiger partial charge >= 0.3 is 12.1 Å². The Hall–Kier alpha value is -2.29. The lowest BCUT2D eigenvalue weighted by molar-refractivity contribution is -0.137. The molecule has 0 unspecified atom stereocenters. The number of anilines is 1. The highest BCUT2D eigenvalue weighted by molar-refractivity contribution is 6.32. The molecular weight excluding hydrogens is 342 g/mol. The van der Waals surface area contributed by atoms with E-state index in [0.29, 0.717) is 6.07 Å². The van der Waals surface area contributed by atoms with Gasteiger partial charge in [-0.05, 0) is 19.1 Å². The Labute approximate surface area is 132 Å². The van der Waals surface area contributed by atoms with Crippen molar-refractivity contribution in [3.8, 4) is 5.69 Å². The highest BCUT2D eigenvalue weighted by atomic mass is 35.5. The number of nitrogens with two attached hydrogens (primary N) is 1. The second kappa shape index (κ2) is 6.07. The van der Waals surface area contributed by atoms with E-state index in [-0.39, 0.29) is 24.1 Å². The number of hydrogen-bond donors (Lipinski definition) is 1. The molecule has 124 valence electrons. The topological polar surface area (TPSA) is 70.1 Å². The molecule has 0 fully saturated rings. The van der Waals surface area contributed by atoms with Crippen molar-refractivity contribution >= 4 is 23.4 Å². The fourth-order valence-electron chi connectivity index (χ4n) is 1.83. The quantitative estimate of drug-likeness (QED) is 0.679. The molecule has 0 saturated heterocycles. The van der Waals surface area contributed by atoms with Crippen LogP contribution in [0.4, 0.5) is 23.4 Å². The summed E-state index contributed by atoms with van der Waals surface area (Å²) < 4.78 is 57.4. The third kappa shape index (κ3) is 3.24. The van der Waals surface area contributed by atoms with Crippen molar-refractivity contribution in [2.45, 2.75) is 13.1 Å². The average Bonchev–Trinajstić information content (AvgIpc) is 2.79. The van der Waals surface area contributed by atoms with Crippen molar-refractivity contribution in [3.63, 3.8) is 0 Å². The van der Waals surface area contributed by atoms with Gasteiger partial charge in [-0.25, -0.2) is 13.9 Å². The van der Waals surface area contributed by atoms with E-state index in [2.05, 4.69) is 5.10 Å². The molecule has 23 heavy (non-hydrogen) atoms. The van der Waals surface area contributed by atoms with Gasteiger partial charge in [0.15, 0.2) is 5.82 Å². The van der Waals surface area contributed by atoms with E-state index in [0.717, 1.165) is 10.9 Å². The zero-order valence-corrected chi connectivity index (χ0v) is 12.4. The molecule has 0 saturated carbocycles. The van der Waals surface area contributed by atoms with Crippen LogP contribution >= 0.6 is 11.6 Å². The molecule has 1 aromatic heterocycles. The number of alkyl halides is 3. The van der Waals surface area contributed by atoms with E-state index in [9.17, 15) is 22.4 Å². The maximum absolute atomic E-state index is 14.0. The van der Waals surface area contributed by atoms with Gasteiger partial charge < -0.3 is 10.5 Å². The maximum Gasteiger partial charge on any atom is 0.416 e. The Balaban J connectivity index is 2.54. The van der Waals surface area contributed by atoms with Crippen LogP contribution in [0.2, 0.25) is 5.02 Å². The Bertz CT molecular complexity index is 735. The Morgan fingerprint density at radius 2 is 2.09 bits per heavy atom. The molecule has 1 heterocycles. The van der Waals surface area contributed by atoms with Crippen molar-refractivity contribution in [2.24, 2.45) is 0 Å². The van der Waals surface area contributed by atoms with Gasteiger partial charge in [0.1, 0.15) is 17.1 Å². The summed E-state index contributed by atoms with van der Waals surface area (Å²) in [5, 5.41) is 3.13. The average molecular weight is 352 g/mol. The number of benzene rings is 1. The van der Waals surface area contributed by atoms with E-state index >= 15 is 0 Å². The molecular formula is C13H10ClF4N3O2. The van der Waals surface area contributed by atoms with Gasteiger partial charge in [-0.3, -0.25) is 0 Å². The van der Waals surface area contributed by atoms with Crippen molar-refractivity contribution in [2.75, 3.05) is 12.3 Å². The van der Waals surface area contributed by atoms with Crippen LogP contribution < -0.4 is 5.73 Å². The van der Waals surface area contributed by atoms with Crippen LogP contribution in [0.25, 0.3) is 5.69 Å². The number of hydrogen-bond acceptors (Lipinski definition) is 4. The number of halogens is 5. The van der Waals surface area contributed by atoms with Gasteiger partial charge in [0.2, 0.25) is 0 Å². The van der Waals surface area contributed by atoms with Gasteiger partial charge in [-0.1, -0.05) is 11.6 Å². The van der Waals surface area contributed by atoms with E-state index in [1.54, 1.807) is 6.92 Å². The molecule has 0 aliphatic rings. The first-order chi connectivity index (χ1) is 10.7. The van der Waals surface area contributed by atoms with Crippen LogP contribution in [0, 0.1) is 5.82 Å². The minimum absolute atomic E-state index is 0.0822. The Kier molecular flexibility index (Phi) is 4.51. The predicted octanol–water partition coefficient (Wildman–Crippen LogP) is 3.44. The van der Waals surface area contributed by atoms with Gasteiger partial charge in [0.05, 0.1) is 23.4 Å². The van der Waals surface area contributed by atoms with Gasteiger partial charge in [-0.15, -0.1) is 0 Å². The van der Waals surface area contributed by atoms with Crippen molar-refractivity contribution in [3.05, 3.63) is 40.3 Å². The summed E-state index contributed by atoms with van der Waals surface area (Å²) in [4.78, 5) is 11.6. The third-order valence-corrected chi connectivity index (χ3v) is 3.15. The van der Waals surface area contributed by atoms with Crippen molar-refractivity contribution in [1.82, 2.24) is 9.78 Å². The van der Waals surface area contributed by atoms with Crippen molar-refractivity contribution in [1.29, 1.82) is 0 Å².